The summed E-state index contributed by atoms with van der Waals surface area (Å²) in [4.78, 5) is 28.7. The number of anilines is 2. The van der Waals surface area contributed by atoms with Crippen LogP contribution in [0.3, 0.4) is 0 Å². The van der Waals surface area contributed by atoms with Crippen LogP contribution < -0.4 is 15.5 Å². The molecule has 166 valence electrons. The minimum atomic E-state index is -0.541. The highest BCUT2D eigenvalue weighted by Crippen LogP contribution is 2.19. The van der Waals surface area contributed by atoms with Crippen molar-refractivity contribution in [2.75, 3.05) is 50.1 Å². The summed E-state index contributed by atoms with van der Waals surface area (Å²) >= 11 is 0. The molecule has 7 nitrogen and oxygen atoms in total. The van der Waals surface area contributed by atoms with E-state index in [1.807, 2.05) is 24.3 Å². The van der Waals surface area contributed by atoms with E-state index in [2.05, 4.69) is 15.5 Å². The van der Waals surface area contributed by atoms with Crippen molar-refractivity contribution in [2.24, 2.45) is 0 Å². The van der Waals surface area contributed by atoms with Crippen LogP contribution in [0, 0.1) is 5.82 Å². The maximum atomic E-state index is 13.7. The highest BCUT2D eigenvalue weighted by molar-refractivity contribution is 5.93. The van der Waals surface area contributed by atoms with Crippen molar-refractivity contribution in [1.82, 2.24) is 10.2 Å². The lowest BCUT2D eigenvalue weighted by Crippen LogP contribution is -2.45. The van der Waals surface area contributed by atoms with Crippen LogP contribution in [-0.2, 0) is 20.9 Å². The molecule has 0 spiro atoms. The van der Waals surface area contributed by atoms with Crippen molar-refractivity contribution < 1.29 is 18.7 Å². The number of ether oxygens (including phenoxy) is 1. The van der Waals surface area contributed by atoms with Crippen molar-refractivity contribution in [2.45, 2.75) is 19.5 Å². The summed E-state index contributed by atoms with van der Waals surface area (Å²) in [6.07, 6.45) is 0. The summed E-state index contributed by atoms with van der Waals surface area (Å²) in [5.74, 6) is -0.841. The van der Waals surface area contributed by atoms with E-state index in [0.717, 1.165) is 32.0 Å². The highest BCUT2D eigenvalue weighted by Gasteiger charge is 2.20. The number of halogens is 1. The second-order valence-electron chi connectivity index (χ2n) is 7.59. The van der Waals surface area contributed by atoms with Crippen LogP contribution >= 0.6 is 0 Å². The van der Waals surface area contributed by atoms with Gasteiger partial charge in [0.05, 0.1) is 25.8 Å². The number of nitrogens with zero attached hydrogens (tertiary/aromatic N) is 2. The van der Waals surface area contributed by atoms with Crippen LogP contribution in [0.15, 0.2) is 48.5 Å². The summed E-state index contributed by atoms with van der Waals surface area (Å²) in [6.45, 7) is 5.01. The quantitative estimate of drug-likeness (QED) is 0.675. The van der Waals surface area contributed by atoms with Crippen LogP contribution in [0.1, 0.15) is 12.5 Å². The van der Waals surface area contributed by atoms with Crippen molar-refractivity contribution >= 4 is 23.2 Å². The first kappa shape index (κ1) is 22.7. The van der Waals surface area contributed by atoms with Gasteiger partial charge in [-0.3, -0.25) is 14.5 Å². The van der Waals surface area contributed by atoms with Gasteiger partial charge < -0.3 is 20.3 Å². The fourth-order valence-electron chi connectivity index (χ4n) is 3.31. The minimum absolute atomic E-state index is 0.0551. The lowest BCUT2D eigenvalue weighted by Gasteiger charge is -2.29. The Kier molecular flexibility index (Phi) is 7.97. The molecule has 8 heteroatoms. The van der Waals surface area contributed by atoms with Gasteiger partial charge in [0, 0.05) is 36.6 Å². The van der Waals surface area contributed by atoms with Crippen LogP contribution in [0.4, 0.5) is 15.8 Å². The lowest BCUT2D eigenvalue weighted by molar-refractivity contribution is -0.126. The van der Waals surface area contributed by atoms with E-state index in [1.54, 1.807) is 37.1 Å². The van der Waals surface area contributed by atoms with Gasteiger partial charge in [0.2, 0.25) is 11.8 Å². The predicted molar refractivity (Wildman–Crippen MR) is 118 cm³/mol. The molecule has 1 aliphatic heterocycles. The number of hydrogen-bond acceptors (Lipinski definition) is 5. The first-order valence-corrected chi connectivity index (χ1v) is 10.4. The lowest BCUT2D eigenvalue weighted by atomic mass is 10.2. The van der Waals surface area contributed by atoms with Crippen molar-refractivity contribution in [1.29, 1.82) is 0 Å². The molecule has 0 aromatic heterocycles. The van der Waals surface area contributed by atoms with Gasteiger partial charge in [0.1, 0.15) is 5.82 Å². The van der Waals surface area contributed by atoms with Crippen LogP contribution in [0.25, 0.3) is 0 Å². The molecule has 0 bridgehead atoms. The average Bonchev–Trinajstić information content (AvgIpc) is 2.78. The minimum Gasteiger partial charge on any atom is -0.378 e. The van der Waals surface area contributed by atoms with Gasteiger partial charge in [-0.2, -0.15) is 0 Å². The summed E-state index contributed by atoms with van der Waals surface area (Å²) < 4.78 is 19.1. The number of hydrogen-bond donors (Lipinski definition) is 2. The maximum Gasteiger partial charge on any atom is 0.238 e. The van der Waals surface area contributed by atoms with Gasteiger partial charge in [0.15, 0.2) is 0 Å². The molecule has 2 amide bonds. The van der Waals surface area contributed by atoms with Crippen LogP contribution in [0.2, 0.25) is 0 Å². The van der Waals surface area contributed by atoms with Crippen molar-refractivity contribution in [3.8, 4) is 0 Å². The van der Waals surface area contributed by atoms with E-state index in [-0.39, 0.29) is 30.7 Å². The van der Waals surface area contributed by atoms with Gasteiger partial charge in [-0.15, -0.1) is 0 Å². The number of morpholine rings is 1. The molecule has 0 radical (unpaired) electrons. The SMILES string of the molecule is CC(C(=O)NCc1ccccc1F)N(C)CC(=O)Nc1ccc(N2CCOCC2)cc1. The van der Waals surface area contributed by atoms with E-state index < -0.39 is 6.04 Å². The molecule has 31 heavy (non-hydrogen) atoms. The first-order chi connectivity index (χ1) is 14.9. The highest BCUT2D eigenvalue weighted by atomic mass is 19.1. The smallest absolute Gasteiger partial charge is 0.238 e. The van der Waals surface area contributed by atoms with Gasteiger partial charge in [-0.05, 0) is 44.3 Å². The summed E-state index contributed by atoms with van der Waals surface area (Å²) in [6, 6.07) is 13.5. The molecule has 1 saturated heterocycles. The standard InChI is InChI=1S/C23H29FN4O3/c1-17(23(30)25-15-18-5-3-4-6-21(18)24)27(2)16-22(29)26-19-7-9-20(10-8-19)28-11-13-31-14-12-28/h3-10,17H,11-16H2,1-2H3,(H,25,30)(H,26,29). The second-order valence-corrected chi connectivity index (χ2v) is 7.59. The monoisotopic (exact) mass is 428 g/mol. The number of carbonyl (C=O) groups excluding carboxylic acids is 2. The third-order valence-corrected chi connectivity index (χ3v) is 5.37. The number of rotatable bonds is 8. The van der Waals surface area contributed by atoms with E-state index in [4.69, 9.17) is 4.74 Å². The Bertz CT molecular complexity index is 885. The number of benzene rings is 2. The molecule has 1 unspecified atom stereocenters. The molecule has 1 atom stereocenters. The molecule has 0 saturated carbocycles. The zero-order chi connectivity index (χ0) is 22.2. The summed E-state index contributed by atoms with van der Waals surface area (Å²) in [7, 11) is 1.70. The third-order valence-electron chi connectivity index (χ3n) is 5.37. The Labute approximate surface area is 182 Å². The second kappa shape index (κ2) is 10.9. The average molecular weight is 429 g/mol. The number of nitrogens with one attached hydrogen (secondary N) is 2. The molecular formula is C23H29FN4O3. The Morgan fingerprint density at radius 2 is 1.81 bits per heavy atom. The molecule has 2 aromatic carbocycles. The van der Waals surface area contributed by atoms with E-state index in [1.165, 1.54) is 6.07 Å². The zero-order valence-corrected chi connectivity index (χ0v) is 17.9. The van der Waals surface area contributed by atoms with Gasteiger partial charge >= 0.3 is 0 Å². The van der Waals surface area contributed by atoms with E-state index >= 15 is 0 Å². The molecule has 1 fully saturated rings. The Morgan fingerprint density at radius 3 is 2.48 bits per heavy atom. The fourth-order valence-corrected chi connectivity index (χ4v) is 3.31. The fraction of sp³-hybridized carbons (Fsp3) is 0.391. The van der Waals surface area contributed by atoms with Crippen molar-refractivity contribution in [3.05, 3.63) is 59.9 Å². The molecule has 1 aliphatic rings. The third kappa shape index (κ3) is 6.50. The molecule has 2 aromatic rings. The molecule has 0 aliphatic carbocycles. The van der Waals surface area contributed by atoms with E-state index in [9.17, 15) is 14.0 Å². The molecule has 2 N–H and O–H groups in total. The van der Waals surface area contributed by atoms with Crippen molar-refractivity contribution in [3.63, 3.8) is 0 Å². The molecule has 3 rings (SSSR count). The Hall–Kier alpha value is -2.97. The summed E-state index contributed by atoms with van der Waals surface area (Å²) in [5.41, 5.74) is 2.22. The largest absolute Gasteiger partial charge is 0.378 e. The number of carbonyl (C=O) groups is 2. The maximum absolute atomic E-state index is 13.7. The van der Waals surface area contributed by atoms with Gasteiger partial charge in [0.25, 0.3) is 0 Å². The van der Waals surface area contributed by atoms with E-state index in [0.29, 0.717) is 11.3 Å². The topological polar surface area (TPSA) is 73.9 Å². The molecular weight excluding hydrogens is 399 g/mol. The van der Waals surface area contributed by atoms with Crippen LogP contribution in [-0.4, -0.2) is 62.7 Å². The Balaban J connectivity index is 1.45. The Morgan fingerprint density at radius 1 is 1.13 bits per heavy atom. The van der Waals surface area contributed by atoms with Crippen LogP contribution in [0.5, 0.6) is 0 Å². The molecule has 1 heterocycles. The first-order valence-electron chi connectivity index (χ1n) is 10.4. The number of amides is 2. The van der Waals surface area contributed by atoms with Gasteiger partial charge in [-0.25, -0.2) is 4.39 Å². The number of likely N-dealkylation sites (N-methyl/N-ethyl adjacent to an activating group) is 1. The van der Waals surface area contributed by atoms with Gasteiger partial charge in [-0.1, -0.05) is 18.2 Å². The summed E-state index contributed by atoms with van der Waals surface area (Å²) in [5, 5.41) is 5.57. The zero-order valence-electron chi connectivity index (χ0n) is 17.9. The normalized spacial score (nSPS) is 14.9. The predicted octanol–water partition coefficient (Wildman–Crippen LogP) is 2.24.